The van der Waals surface area contributed by atoms with Crippen molar-refractivity contribution in [2.75, 3.05) is 7.11 Å². The van der Waals surface area contributed by atoms with Crippen molar-refractivity contribution in [2.24, 2.45) is 5.92 Å². The Morgan fingerprint density at radius 1 is 1.32 bits per heavy atom. The standard InChI is InChI=1S/C16H20BrN5O3/c1-10(2)8-13(16(24)25-3)18-14(23)9-22-20-15(19-21-22)11-6-4-5-7-12(11)17/h4-7,10,13H,8-9H2,1-3H3,(H,18,23)/t13-/m0/s1. The van der Waals surface area contributed by atoms with Crippen LogP contribution in [0.2, 0.25) is 0 Å². The summed E-state index contributed by atoms with van der Waals surface area (Å²) in [6.45, 7) is 3.79. The zero-order valence-electron chi connectivity index (χ0n) is 14.3. The zero-order chi connectivity index (χ0) is 18.4. The van der Waals surface area contributed by atoms with Gasteiger partial charge in [0, 0.05) is 10.0 Å². The fourth-order valence-corrected chi connectivity index (χ4v) is 2.72. The molecule has 1 atom stereocenters. The van der Waals surface area contributed by atoms with Crippen molar-refractivity contribution in [2.45, 2.75) is 32.9 Å². The van der Waals surface area contributed by atoms with E-state index in [1.807, 2.05) is 38.1 Å². The molecule has 1 amide bonds. The molecule has 8 nitrogen and oxygen atoms in total. The van der Waals surface area contributed by atoms with Gasteiger partial charge in [-0.15, -0.1) is 10.2 Å². The number of benzene rings is 1. The number of aromatic nitrogens is 4. The van der Waals surface area contributed by atoms with Gasteiger partial charge in [-0.1, -0.05) is 41.9 Å². The molecule has 2 aromatic rings. The third-order valence-corrected chi connectivity index (χ3v) is 4.07. The normalized spacial score (nSPS) is 12.0. The first kappa shape index (κ1) is 19.0. The van der Waals surface area contributed by atoms with Crippen molar-refractivity contribution in [1.29, 1.82) is 0 Å². The summed E-state index contributed by atoms with van der Waals surface area (Å²) in [5.74, 6) is -0.211. The molecule has 0 aliphatic rings. The summed E-state index contributed by atoms with van der Waals surface area (Å²) in [5, 5.41) is 14.7. The van der Waals surface area contributed by atoms with Crippen LogP contribution in [0.5, 0.6) is 0 Å². The number of esters is 1. The molecule has 1 N–H and O–H groups in total. The minimum absolute atomic E-state index is 0.136. The lowest BCUT2D eigenvalue weighted by Gasteiger charge is -2.17. The molecule has 9 heteroatoms. The number of rotatable bonds is 7. The number of nitrogens with one attached hydrogen (secondary N) is 1. The minimum Gasteiger partial charge on any atom is -0.467 e. The van der Waals surface area contributed by atoms with Gasteiger partial charge in [0.2, 0.25) is 11.7 Å². The second kappa shape index (κ2) is 8.70. The predicted octanol–water partition coefficient (Wildman–Crippen LogP) is 1.81. The second-order valence-corrected chi connectivity index (χ2v) is 6.75. The van der Waals surface area contributed by atoms with E-state index in [1.54, 1.807) is 0 Å². The van der Waals surface area contributed by atoms with Gasteiger partial charge < -0.3 is 10.1 Å². The average Bonchev–Trinajstić information content (AvgIpc) is 3.01. The van der Waals surface area contributed by atoms with Gasteiger partial charge >= 0.3 is 5.97 Å². The molecule has 0 spiro atoms. The van der Waals surface area contributed by atoms with Crippen LogP contribution in [0.1, 0.15) is 20.3 Å². The smallest absolute Gasteiger partial charge is 0.328 e. The fraction of sp³-hybridized carbons (Fsp3) is 0.438. The van der Waals surface area contributed by atoms with Crippen LogP contribution in [0, 0.1) is 5.92 Å². The van der Waals surface area contributed by atoms with E-state index < -0.39 is 12.0 Å². The average molecular weight is 410 g/mol. The highest BCUT2D eigenvalue weighted by molar-refractivity contribution is 9.10. The Labute approximate surface area is 154 Å². The van der Waals surface area contributed by atoms with Gasteiger partial charge in [-0.3, -0.25) is 4.79 Å². The van der Waals surface area contributed by atoms with E-state index in [0.29, 0.717) is 12.2 Å². The topological polar surface area (TPSA) is 99.0 Å². The van der Waals surface area contributed by atoms with Gasteiger partial charge in [-0.25, -0.2) is 4.79 Å². The number of carbonyl (C=O) groups excluding carboxylic acids is 2. The van der Waals surface area contributed by atoms with Gasteiger partial charge in [-0.2, -0.15) is 4.80 Å². The lowest BCUT2D eigenvalue weighted by atomic mass is 10.0. The van der Waals surface area contributed by atoms with Gasteiger partial charge in [0.1, 0.15) is 12.6 Å². The van der Waals surface area contributed by atoms with E-state index in [9.17, 15) is 9.59 Å². The third-order valence-electron chi connectivity index (χ3n) is 3.38. The molecule has 0 bridgehead atoms. The van der Waals surface area contributed by atoms with Crippen LogP contribution in [-0.4, -0.2) is 45.2 Å². The number of hydrogen-bond donors (Lipinski definition) is 1. The molecular formula is C16H20BrN5O3. The van der Waals surface area contributed by atoms with Crippen molar-refractivity contribution in [1.82, 2.24) is 25.5 Å². The molecule has 1 aromatic carbocycles. The summed E-state index contributed by atoms with van der Waals surface area (Å²) in [4.78, 5) is 25.1. The molecule has 1 aromatic heterocycles. The lowest BCUT2D eigenvalue weighted by Crippen LogP contribution is -2.43. The van der Waals surface area contributed by atoms with Crippen LogP contribution in [-0.2, 0) is 20.9 Å². The zero-order valence-corrected chi connectivity index (χ0v) is 15.9. The summed E-state index contributed by atoms with van der Waals surface area (Å²) in [6, 6.07) is 6.77. The summed E-state index contributed by atoms with van der Waals surface area (Å²) in [7, 11) is 1.30. The highest BCUT2D eigenvalue weighted by atomic mass is 79.9. The Hall–Kier alpha value is -2.29. The first-order chi connectivity index (χ1) is 11.9. The lowest BCUT2D eigenvalue weighted by molar-refractivity contribution is -0.145. The summed E-state index contributed by atoms with van der Waals surface area (Å²) in [5.41, 5.74) is 0.779. The molecule has 0 saturated carbocycles. The number of carbonyl (C=O) groups is 2. The highest BCUT2D eigenvalue weighted by Crippen LogP contribution is 2.24. The molecule has 134 valence electrons. The Bertz CT molecular complexity index is 747. The molecule has 0 fully saturated rings. The maximum Gasteiger partial charge on any atom is 0.328 e. The molecule has 25 heavy (non-hydrogen) atoms. The Balaban J connectivity index is 2.03. The van der Waals surface area contributed by atoms with Gasteiger partial charge in [0.25, 0.3) is 0 Å². The van der Waals surface area contributed by atoms with E-state index in [4.69, 9.17) is 4.74 Å². The highest BCUT2D eigenvalue weighted by Gasteiger charge is 2.23. The molecule has 0 unspecified atom stereocenters. The molecule has 2 rings (SSSR count). The summed E-state index contributed by atoms with van der Waals surface area (Å²) in [6.07, 6.45) is 0.491. The quantitative estimate of drug-likeness (QED) is 0.699. The molecule has 1 heterocycles. The number of hydrogen-bond acceptors (Lipinski definition) is 6. The molecule has 0 radical (unpaired) electrons. The Morgan fingerprint density at radius 3 is 2.68 bits per heavy atom. The number of ether oxygens (including phenoxy) is 1. The maximum absolute atomic E-state index is 12.2. The van der Waals surface area contributed by atoms with Crippen LogP contribution < -0.4 is 5.32 Å². The number of tetrazole rings is 1. The van der Waals surface area contributed by atoms with Gasteiger partial charge in [0.15, 0.2) is 0 Å². The third kappa shape index (κ3) is 5.35. The van der Waals surface area contributed by atoms with Crippen molar-refractivity contribution >= 4 is 27.8 Å². The van der Waals surface area contributed by atoms with Crippen LogP contribution >= 0.6 is 15.9 Å². The molecular weight excluding hydrogens is 390 g/mol. The van der Waals surface area contributed by atoms with E-state index in [0.717, 1.165) is 10.0 Å². The Morgan fingerprint density at radius 2 is 2.04 bits per heavy atom. The number of halogens is 1. The van der Waals surface area contributed by atoms with E-state index in [2.05, 4.69) is 36.7 Å². The van der Waals surface area contributed by atoms with Crippen LogP contribution in [0.3, 0.4) is 0 Å². The first-order valence-electron chi connectivity index (χ1n) is 7.80. The number of amides is 1. The molecule has 0 saturated heterocycles. The fourth-order valence-electron chi connectivity index (χ4n) is 2.26. The molecule has 0 aliphatic heterocycles. The number of methoxy groups -OCH3 is 1. The van der Waals surface area contributed by atoms with Crippen LogP contribution in [0.25, 0.3) is 11.4 Å². The van der Waals surface area contributed by atoms with Crippen LogP contribution in [0.4, 0.5) is 0 Å². The summed E-state index contributed by atoms with van der Waals surface area (Å²) >= 11 is 3.42. The summed E-state index contributed by atoms with van der Waals surface area (Å²) < 4.78 is 5.57. The van der Waals surface area contributed by atoms with Crippen molar-refractivity contribution in [3.8, 4) is 11.4 Å². The first-order valence-corrected chi connectivity index (χ1v) is 8.60. The predicted molar refractivity (Wildman–Crippen MR) is 94.4 cm³/mol. The minimum atomic E-state index is -0.691. The van der Waals surface area contributed by atoms with Crippen molar-refractivity contribution in [3.63, 3.8) is 0 Å². The van der Waals surface area contributed by atoms with Gasteiger partial charge in [-0.05, 0) is 29.7 Å². The van der Waals surface area contributed by atoms with E-state index in [-0.39, 0.29) is 18.4 Å². The Kier molecular flexibility index (Phi) is 6.63. The SMILES string of the molecule is COC(=O)[C@H](CC(C)C)NC(=O)Cn1nnc(-c2ccccc2Br)n1. The number of nitrogens with zero attached hydrogens (tertiary/aromatic N) is 4. The van der Waals surface area contributed by atoms with Crippen molar-refractivity contribution < 1.29 is 14.3 Å². The van der Waals surface area contributed by atoms with E-state index >= 15 is 0 Å². The monoisotopic (exact) mass is 409 g/mol. The van der Waals surface area contributed by atoms with E-state index in [1.165, 1.54) is 11.9 Å². The largest absolute Gasteiger partial charge is 0.467 e. The molecule has 0 aliphatic carbocycles. The van der Waals surface area contributed by atoms with Crippen LogP contribution in [0.15, 0.2) is 28.7 Å². The van der Waals surface area contributed by atoms with Crippen molar-refractivity contribution in [3.05, 3.63) is 28.7 Å². The second-order valence-electron chi connectivity index (χ2n) is 5.90. The maximum atomic E-state index is 12.2. The van der Waals surface area contributed by atoms with Gasteiger partial charge in [0.05, 0.1) is 7.11 Å².